The van der Waals surface area contributed by atoms with E-state index in [1.807, 2.05) is 31.5 Å². The maximum absolute atomic E-state index is 9.69. The Kier molecular flexibility index (Phi) is 6.32. The quantitative estimate of drug-likeness (QED) is 0.520. The zero-order valence-electron chi connectivity index (χ0n) is 18.4. The Balaban J connectivity index is 1.78. The molecule has 0 spiro atoms. The fraction of sp³-hybridized carbons (Fsp3) is 0.500. The van der Waals surface area contributed by atoms with Gasteiger partial charge in [-0.1, -0.05) is 0 Å². The molecule has 3 heterocycles. The Hall–Kier alpha value is -1.66. The van der Waals surface area contributed by atoms with Crippen molar-refractivity contribution in [2.24, 2.45) is 0 Å². The number of aliphatic hydroxyl groups is 1. The zero-order valence-corrected chi connectivity index (χ0v) is 21.1. The molecular weight excluding hydrogens is 477 g/mol. The molecule has 0 bridgehead atoms. The van der Waals surface area contributed by atoms with E-state index in [1.165, 1.54) is 0 Å². The van der Waals surface area contributed by atoms with Gasteiger partial charge in [-0.15, -0.1) is 0 Å². The number of aryl methyl sites for hydroxylation is 1. The molecule has 164 valence electrons. The van der Waals surface area contributed by atoms with Crippen LogP contribution in [-0.4, -0.2) is 79.5 Å². The van der Waals surface area contributed by atoms with Gasteiger partial charge in [0.2, 0.25) is 0 Å². The van der Waals surface area contributed by atoms with Crippen LogP contribution in [0.3, 0.4) is 0 Å². The molecule has 0 aliphatic carbocycles. The van der Waals surface area contributed by atoms with Crippen LogP contribution in [-0.2, 0) is 0 Å². The van der Waals surface area contributed by atoms with Gasteiger partial charge in [0.15, 0.2) is 0 Å². The van der Waals surface area contributed by atoms with Crippen molar-refractivity contribution in [1.82, 2.24) is 24.6 Å². The van der Waals surface area contributed by atoms with E-state index in [0.29, 0.717) is 12.5 Å². The third kappa shape index (κ3) is 3.97. The Morgan fingerprint density at radius 2 is 2.00 bits per heavy atom. The van der Waals surface area contributed by atoms with Gasteiger partial charge in [0.1, 0.15) is 0 Å². The first-order valence-electron chi connectivity index (χ1n) is 10.4. The van der Waals surface area contributed by atoms with Gasteiger partial charge in [-0.05, 0) is 6.92 Å². The molecular formula is C22H27AsClN5O2. The van der Waals surface area contributed by atoms with E-state index < -0.39 is 0 Å². The van der Waals surface area contributed by atoms with Gasteiger partial charge in [-0.25, -0.2) is 0 Å². The minimum absolute atomic E-state index is 0.126. The van der Waals surface area contributed by atoms with Gasteiger partial charge >= 0.3 is 178 Å². The van der Waals surface area contributed by atoms with Crippen LogP contribution in [0.25, 0.3) is 11.0 Å². The second-order valence-corrected chi connectivity index (χ2v) is 9.68. The van der Waals surface area contributed by atoms with Crippen LogP contribution in [0.15, 0.2) is 12.4 Å². The van der Waals surface area contributed by atoms with Crippen molar-refractivity contribution in [2.45, 2.75) is 45.8 Å². The van der Waals surface area contributed by atoms with Crippen molar-refractivity contribution in [2.75, 3.05) is 26.7 Å². The number of rotatable bonds is 6. The number of ether oxygens (including phenoxy) is 1. The number of methoxy groups -OCH3 is 1. The molecule has 0 amide bonds. The van der Waals surface area contributed by atoms with Gasteiger partial charge in [0, 0.05) is 0 Å². The molecule has 2 radical (unpaired) electrons. The number of likely N-dealkylation sites (tertiary alicyclic amines) is 1. The number of hydrogen-bond acceptors (Lipinski definition) is 6. The van der Waals surface area contributed by atoms with Crippen LogP contribution >= 0.6 is 11.6 Å². The van der Waals surface area contributed by atoms with E-state index in [2.05, 4.69) is 38.6 Å². The first-order valence-corrected chi connectivity index (χ1v) is 11.7. The molecule has 9 heteroatoms. The summed E-state index contributed by atoms with van der Waals surface area (Å²) in [5.41, 5.74) is 4.87. The number of fused-ring (bicyclic) bond motifs is 1. The van der Waals surface area contributed by atoms with Crippen molar-refractivity contribution >= 4 is 44.0 Å². The maximum atomic E-state index is 9.69. The SMILES string of the molecule is COc1c(C(C)n2nc(C)c3c([As])ncnc32)cc(Cl)c(C)c1C1CN(C[C@H](C)O)C1. The molecule has 2 atom stereocenters. The number of aliphatic hydroxyl groups excluding tert-OH is 1. The van der Waals surface area contributed by atoms with Crippen LogP contribution < -0.4 is 9.22 Å². The number of hydrogen-bond donors (Lipinski definition) is 1. The number of nitrogens with zero attached hydrogens (tertiary/aromatic N) is 5. The first-order chi connectivity index (χ1) is 14.7. The molecule has 1 N–H and O–H groups in total. The van der Waals surface area contributed by atoms with Crippen LogP contribution in [0.5, 0.6) is 5.75 Å². The van der Waals surface area contributed by atoms with Crippen molar-refractivity contribution in [1.29, 1.82) is 0 Å². The second-order valence-electron chi connectivity index (χ2n) is 8.39. The van der Waals surface area contributed by atoms with Crippen molar-refractivity contribution in [3.8, 4) is 5.75 Å². The average molecular weight is 504 g/mol. The molecule has 31 heavy (non-hydrogen) atoms. The fourth-order valence-electron chi connectivity index (χ4n) is 4.60. The molecule has 1 saturated heterocycles. The van der Waals surface area contributed by atoms with Crippen LogP contribution in [0, 0.1) is 13.8 Å². The van der Waals surface area contributed by atoms with E-state index in [0.717, 1.165) is 61.8 Å². The van der Waals surface area contributed by atoms with Crippen molar-refractivity contribution in [3.63, 3.8) is 0 Å². The third-order valence-corrected chi connectivity index (χ3v) is 7.21. The summed E-state index contributed by atoms with van der Waals surface area (Å²) in [5.74, 6) is 1.18. The molecule has 1 aliphatic rings. The van der Waals surface area contributed by atoms with Gasteiger partial charge < -0.3 is 5.11 Å². The van der Waals surface area contributed by atoms with Gasteiger partial charge in [-0.3, -0.25) is 0 Å². The zero-order chi connectivity index (χ0) is 22.4. The number of halogens is 1. The number of aromatic nitrogens is 4. The third-order valence-electron chi connectivity index (χ3n) is 6.10. The predicted octanol–water partition coefficient (Wildman–Crippen LogP) is 2.29. The minimum atomic E-state index is -0.334. The van der Waals surface area contributed by atoms with E-state index in [4.69, 9.17) is 21.4 Å². The normalized spacial score (nSPS) is 17.0. The second kappa shape index (κ2) is 8.70. The molecule has 1 fully saturated rings. The van der Waals surface area contributed by atoms with Crippen molar-refractivity contribution < 1.29 is 9.84 Å². The number of β-amino-alcohol motifs (C(OH)–C–C–N with tert-alkyl or cyclic N) is 1. The summed E-state index contributed by atoms with van der Waals surface area (Å²) in [6.07, 6.45) is 1.23. The summed E-state index contributed by atoms with van der Waals surface area (Å²) in [6, 6.07) is 1.86. The van der Waals surface area contributed by atoms with E-state index in [-0.39, 0.29) is 12.1 Å². The molecule has 1 unspecified atom stereocenters. The van der Waals surface area contributed by atoms with E-state index in [1.54, 1.807) is 13.4 Å². The summed E-state index contributed by atoms with van der Waals surface area (Å²) >= 11 is 9.20. The van der Waals surface area contributed by atoms with Crippen LogP contribution in [0.1, 0.15) is 48.2 Å². The average Bonchev–Trinajstić information content (AvgIpc) is 3.03. The predicted molar refractivity (Wildman–Crippen MR) is 123 cm³/mol. The summed E-state index contributed by atoms with van der Waals surface area (Å²) in [7, 11) is 1.71. The van der Waals surface area contributed by atoms with Crippen molar-refractivity contribution in [3.05, 3.63) is 39.8 Å². The fourth-order valence-corrected chi connectivity index (χ4v) is 5.47. The summed E-state index contributed by atoms with van der Waals surface area (Å²) in [6.45, 7) is 10.4. The Bertz CT molecular complexity index is 1130. The van der Waals surface area contributed by atoms with E-state index >= 15 is 0 Å². The molecule has 3 aromatic rings. The molecule has 7 nitrogen and oxygen atoms in total. The Morgan fingerprint density at radius 3 is 2.65 bits per heavy atom. The van der Waals surface area contributed by atoms with Gasteiger partial charge in [-0.2, -0.15) is 0 Å². The van der Waals surface area contributed by atoms with Crippen LogP contribution in [0.4, 0.5) is 0 Å². The molecule has 1 aromatic carbocycles. The monoisotopic (exact) mass is 503 g/mol. The first kappa shape index (κ1) is 22.5. The Labute approximate surface area is 196 Å². The van der Waals surface area contributed by atoms with E-state index in [9.17, 15) is 5.11 Å². The number of benzene rings is 1. The molecule has 2 aromatic heterocycles. The summed E-state index contributed by atoms with van der Waals surface area (Å²) in [5, 5.41) is 16.1. The van der Waals surface area contributed by atoms with Gasteiger partial charge in [0.05, 0.1) is 6.10 Å². The van der Waals surface area contributed by atoms with Gasteiger partial charge in [0.25, 0.3) is 0 Å². The molecule has 1 aliphatic heterocycles. The molecule has 4 rings (SSSR count). The summed E-state index contributed by atoms with van der Waals surface area (Å²) < 4.78 is 8.75. The Morgan fingerprint density at radius 1 is 1.29 bits per heavy atom. The standard InChI is InChI=1S/C22H27AsClN5O2/c1-11(30)7-28-8-15(9-28)18-12(2)17(24)6-16(20(18)31-5)14(4)29-22-19(13(3)27-29)21(23)25-10-26-22/h6,10-11,14-15,30H,7-9H2,1-5H3/t11-,14?/m0/s1. The topological polar surface area (TPSA) is 76.3 Å². The summed E-state index contributed by atoms with van der Waals surface area (Å²) in [4.78, 5) is 11.0. The molecule has 0 saturated carbocycles. The van der Waals surface area contributed by atoms with Crippen LogP contribution in [0.2, 0.25) is 5.02 Å².